The molecule has 0 amide bonds. The van der Waals surface area contributed by atoms with Crippen LogP contribution < -0.4 is 21.3 Å². The normalized spacial score (nSPS) is 10.4. The van der Waals surface area contributed by atoms with E-state index in [4.69, 9.17) is 27.8 Å². The Morgan fingerprint density at radius 2 is 1.85 bits per heavy atom. The largest absolute Gasteiger partial charge is 0.457 e. The Morgan fingerprint density at radius 3 is 2.55 bits per heavy atom. The average molecular weight is 290 g/mol. The lowest BCUT2D eigenvalue weighted by atomic mass is 10.2. The van der Waals surface area contributed by atoms with E-state index in [-0.39, 0.29) is 5.96 Å². The third-order valence-corrected chi connectivity index (χ3v) is 2.58. The van der Waals surface area contributed by atoms with Crippen molar-refractivity contribution in [3.05, 3.63) is 59.1 Å². The van der Waals surface area contributed by atoms with Crippen molar-refractivity contribution >= 4 is 23.8 Å². The first-order chi connectivity index (χ1) is 9.63. The predicted octanol–water partition coefficient (Wildman–Crippen LogP) is 0.820. The van der Waals surface area contributed by atoms with Crippen LogP contribution in [0.15, 0.2) is 53.6 Å². The molecule has 0 aliphatic heterocycles. The molecule has 0 aliphatic rings. The van der Waals surface area contributed by atoms with Crippen molar-refractivity contribution in [3.8, 4) is 11.5 Å². The monoisotopic (exact) mass is 289 g/mol. The van der Waals surface area contributed by atoms with Crippen molar-refractivity contribution in [2.75, 3.05) is 0 Å². The second-order valence-corrected chi connectivity index (χ2v) is 4.38. The maximum atomic E-state index is 5.82. The fraction of sp³-hybridized carbons (Fsp3) is 0. The van der Waals surface area contributed by atoms with E-state index < -0.39 is 0 Å². The van der Waals surface area contributed by atoms with E-state index in [1.165, 1.54) is 0 Å². The Bertz CT molecular complexity index is 634. The SMILES string of the molecule is NC(N)=N/[NH+]=C/c1cccc(Oc2ccc(Cl)cc2)c1. The third-order valence-electron chi connectivity index (χ3n) is 2.33. The molecule has 0 spiro atoms. The number of benzene rings is 2. The van der Waals surface area contributed by atoms with Crippen molar-refractivity contribution in [2.45, 2.75) is 0 Å². The molecule has 0 saturated heterocycles. The maximum absolute atomic E-state index is 5.82. The first-order valence-corrected chi connectivity index (χ1v) is 6.22. The number of rotatable bonds is 4. The molecular weight excluding hydrogens is 276 g/mol. The molecule has 0 heterocycles. The van der Waals surface area contributed by atoms with Gasteiger partial charge in [0.1, 0.15) is 11.5 Å². The predicted molar refractivity (Wildman–Crippen MR) is 79.9 cm³/mol. The van der Waals surface area contributed by atoms with Crippen LogP contribution in [0.4, 0.5) is 0 Å². The van der Waals surface area contributed by atoms with Crippen molar-refractivity contribution in [3.63, 3.8) is 0 Å². The minimum atomic E-state index is -0.0326. The molecule has 0 aliphatic carbocycles. The number of guanidine groups is 1. The average Bonchev–Trinajstić information content (AvgIpc) is 2.41. The lowest BCUT2D eigenvalue weighted by Gasteiger charge is -2.05. The molecular formula is C14H14ClN4O+. The number of halogens is 1. The number of hydrazone groups is 1. The van der Waals surface area contributed by atoms with E-state index in [1.54, 1.807) is 30.5 Å². The highest BCUT2D eigenvalue weighted by atomic mass is 35.5. The van der Waals surface area contributed by atoms with Crippen LogP contribution >= 0.6 is 11.6 Å². The van der Waals surface area contributed by atoms with Crippen LogP contribution in [0.25, 0.3) is 0 Å². The Hall–Kier alpha value is -2.53. The van der Waals surface area contributed by atoms with Gasteiger partial charge in [0.05, 0.1) is 0 Å². The smallest absolute Gasteiger partial charge is 0.256 e. The third kappa shape index (κ3) is 4.29. The number of nitrogens with zero attached hydrogens (tertiary/aromatic N) is 1. The molecule has 0 saturated carbocycles. The number of nitrogens with two attached hydrogens (primary N) is 2. The standard InChI is InChI=1S/C14H13ClN4O/c15-11-4-6-12(7-5-11)20-13-3-1-2-10(8-13)9-18-19-14(16)17/h1-9H,(H4,16,17,19)/p+1/b18-9+. The maximum Gasteiger partial charge on any atom is 0.256 e. The Labute approximate surface area is 121 Å². The fourth-order valence-corrected chi connectivity index (χ4v) is 1.61. The van der Waals surface area contributed by atoms with Crippen LogP contribution in [0.3, 0.4) is 0 Å². The van der Waals surface area contributed by atoms with Gasteiger partial charge in [-0.1, -0.05) is 17.7 Å². The molecule has 0 fully saturated rings. The van der Waals surface area contributed by atoms with Gasteiger partial charge < -0.3 is 16.2 Å². The van der Waals surface area contributed by atoms with Crippen LogP contribution in [-0.4, -0.2) is 12.2 Å². The van der Waals surface area contributed by atoms with E-state index in [9.17, 15) is 0 Å². The summed E-state index contributed by atoms with van der Waals surface area (Å²) in [5.74, 6) is 1.38. The summed E-state index contributed by atoms with van der Waals surface area (Å²) in [7, 11) is 0. The lowest BCUT2D eigenvalue weighted by molar-refractivity contribution is -0.456. The van der Waals surface area contributed by atoms with Gasteiger partial charge in [-0.2, -0.15) is 0 Å². The van der Waals surface area contributed by atoms with Gasteiger partial charge >= 0.3 is 0 Å². The highest BCUT2D eigenvalue weighted by Crippen LogP contribution is 2.23. The highest BCUT2D eigenvalue weighted by molar-refractivity contribution is 6.30. The zero-order valence-electron chi connectivity index (χ0n) is 10.6. The summed E-state index contributed by atoms with van der Waals surface area (Å²) in [6, 6.07) is 14.6. The number of hydrogen-bond donors (Lipinski definition) is 3. The van der Waals surface area contributed by atoms with Gasteiger partial charge in [0, 0.05) is 15.7 Å². The Morgan fingerprint density at radius 1 is 1.10 bits per heavy atom. The summed E-state index contributed by atoms with van der Waals surface area (Å²) in [5.41, 5.74) is 11.3. The first-order valence-electron chi connectivity index (χ1n) is 5.84. The first kappa shape index (κ1) is 13.9. The summed E-state index contributed by atoms with van der Waals surface area (Å²) in [6.45, 7) is 0. The highest BCUT2D eigenvalue weighted by Gasteiger charge is 1.99. The molecule has 5 nitrogen and oxygen atoms in total. The van der Waals surface area contributed by atoms with Gasteiger partial charge in [0.15, 0.2) is 0 Å². The molecule has 6 heteroatoms. The van der Waals surface area contributed by atoms with Crippen LogP contribution in [0.5, 0.6) is 11.5 Å². The zero-order valence-corrected chi connectivity index (χ0v) is 11.3. The van der Waals surface area contributed by atoms with Crippen molar-refractivity contribution in [1.29, 1.82) is 0 Å². The van der Waals surface area contributed by atoms with E-state index in [0.717, 1.165) is 5.56 Å². The molecule has 2 aromatic carbocycles. The minimum absolute atomic E-state index is 0.0326. The number of hydrogen-bond acceptors (Lipinski definition) is 2. The number of ether oxygens (including phenoxy) is 1. The molecule has 20 heavy (non-hydrogen) atoms. The van der Waals surface area contributed by atoms with Crippen molar-refractivity contribution in [2.24, 2.45) is 16.6 Å². The quantitative estimate of drug-likeness (QED) is 0.442. The molecule has 0 radical (unpaired) electrons. The topological polar surface area (TPSA) is 87.6 Å². The van der Waals surface area contributed by atoms with E-state index in [0.29, 0.717) is 16.5 Å². The number of nitrogens with one attached hydrogen (secondary N) is 1. The molecule has 2 rings (SSSR count). The van der Waals surface area contributed by atoms with E-state index in [2.05, 4.69) is 10.2 Å². The van der Waals surface area contributed by atoms with Gasteiger partial charge in [-0.15, -0.1) is 5.10 Å². The van der Waals surface area contributed by atoms with Crippen LogP contribution in [0.2, 0.25) is 5.02 Å². The summed E-state index contributed by atoms with van der Waals surface area (Å²) in [5, 5.41) is 6.96. The zero-order chi connectivity index (χ0) is 14.4. The second kappa shape index (κ2) is 6.58. The molecule has 0 atom stereocenters. The van der Waals surface area contributed by atoms with Gasteiger partial charge in [-0.25, -0.2) is 0 Å². The minimum Gasteiger partial charge on any atom is -0.457 e. The van der Waals surface area contributed by atoms with Crippen LogP contribution in [0, 0.1) is 0 Å². The van der Waals surface area contributed by atoms with Gasteiger partial charge in [0.2, 0.25) is 6.21 Å². The molecule has 2 aromatic rings. The van der Waals surface area contributed by atoms with Gasteiger partial charge in [0.25, 0.3) is 5.96 Å². The summed E-state index contributed by atoms with van der Waals surface area (Å²) in [6.07, 6.45) is 1.66. The van der Waals surface area contributed by atoms with Crippen molar-refractivity contribution < 1.29 is 9.84 Å². The second-order valence-electron chi connectivity index (χ2n) is 3.94. The summed E-state index contributed by atoms with van der Waals surface area (Å²) < 4.78 is 5.71. The Kier molecular flexibility index (Phi) is 4.57. The lowest BCUT2D eigenvalue weighted by Crippen LogP contribution is -2.63. The molecule has 102 valence electrons. The molecule has 5 N–H and O–H groups in total. The van der Waals surface area contributed by atoms with Gasteiger partial charge in [-0.05, 0) is 42.5 Å². The van der Waals surface area contributed by atoms with Crippen LogP contribution in [-0.2, 0) is 0 Å². The van der Waals surface area contributed by atoms with Crippen molar-refractivity contribution in [1.82, 2.24) is 0 Å². The molecule has 0 unspecified atom stereocenters. The van der Waals surface area contributed by atoms with Gasteiger partial charge in [-0.3, -0.25) is 0 Å². The summed E-state index contributed by atoms with van der Waals surface area (Å²) >= 11 is 5.82. The fourth-order valence-electron chi connectivity index (χ4n) is 1.49. The van der Waals surface area contributed by atoms with E-state index in [1.807, 2.05) is 24.3 Å². The molecule has 0 bridgehead atoms. The van der Waals surface area contributed by atoms with E-state index >= 15 is 0 Å². The molecule has 0 aromatic heterocycles. The Balaban J connectivity index is 2.11. The van der Waals surface area contributed by atoms with Crippen LogP contribution in [0.1, 0.15) is 5.56 Å². The summed E-state index contributed by atoms with van der Waals surface area (Å²) in [4.78, 5) is 0.